The van der Waals surface area contributed by atoms with Crippen LogP contribution in [-0.2, 0) is 21.7 Å². The number of rotatable bonds is 3. The molecule has 0 bridgehead atoms. The first-order chi connectivity index (χ1) is 21.3. The number of hydrogen-bond donors (Lipinski definition) is 3. The van der Waals surface area contributed by atoms with Crippen LogP contribution in [0.5, 0.6) is 0 Å². The van der Waals surface area contributed by atoms with Crippen LogP contribution in [0.3, 0.4) is 0 Å². The second-order valence-corrected chi connectivity index (χ2v) is 20.5. The van der Waals surface area contributed by atoms with E-state index in [2.05, 4.69) is 92.6 Å². The summed E-state index contributed by atoms with van der Waals surface area (Å²) in [5.41, 5.74) is 3.79. The summed E-state index contributed by atoms with van der Waals surface area (Å²) in [6, 6.07) is 24.2. The third kappa shape index (κ3) is 6.63. The molecular formula is C42H52FO3P. The van der Waals surface area contributed by atoms with Crippen LogP contribution in [0, 0.1) is 5.82 Å². The van der Waals surface area contributed by atoms with E-state index in [9.17, 15) is 14.7 Å². The van der Waals surface area contributed by atoms with Crippen LogP contribution >= 0.6 is 7.28 Å². The molecule has 0 fully saturated rings. The van der Waals surface area contributed by atoms with Crippen molar-refractivity contribution in [1.82, 2.24) is 0 Å². The van der Waals surface area contributed by atoms with Crippen molar-refractivity contribution >= 4 is 39.4 Å². The van der Waals surface area contributed by atoms with Gasteiger partial charge in [-0.15, -0.1) is 0 Å². The summed E-state index contributed by atoms with van der Waals surface area (Å²) in [5.74, 6) is -0.525. The van der Waals surface area contributed by atoms with Gasteiger partial charge in [-0.3, -0.25) is 0 Å². The number of halogens is 1. The van der Waals surface area contributed by atoms with Gasteiger partial charge >= 0.3 is 281 Å². The Morgan fingerprint density at radius 2 is 0.894 bits per heavy atom. The average molecular weight is 655 g/mol. The van der Waals surface area contributed by atoms with Gasteiger partial charge in [-0.2, -0.15) is 0 Å². The molecule has 0 unspecified atom stereocenters. The Bertz CT molecular complexity index is 2020. The molecule has 0 saturated heterocycles. The van der Waals surface area contributed by atoms with E-state index in [0.29, 0.717) is 11.1 Å². The minimum absolute atomic E-state index is 0.0364. The minimum atomic E-state index is -5.89. The molecular weight excluding hydrogens is 602 g/mol. The van der Waals surface area contributed by atoms with Gasteiger partial charge in [0.25, 0.3) is 0 Å². The van der Waals surface area contributed by atoms with Crippen molar-refractivity contribution < 1.29 is 19.1 Å². The number of fused-ring (bicyclic) bond motifs is 2. The SMILES string of the molecule is CC(C)(C)c1ccc2cc(-c3cc(F)ccc3P(O)(O)(O)c3cc4ccc(C(C)(C)C)cc4cc3C(C)(C)C)c(C(C)(C)C)cc2c1. The molecule has 5 aromatic rings. The zero-order valence-electron chi connectivity index (χ0n) is 30.2. The predicted octanol–water partition coefficient (Wildman–Crippen LogP) is 10.2. The van der Waals surface area contributed by atoms with Crippen LogP contribution in [0.25, 0.3) is 32.7 Å². The summed E-state index contributed by atoms with van der Waals surface area (Å²) in [4.78, 5) is 37.5. The van der Waals surface area contributed by atoms with E-state index in [1.807, 2.05) is 45.0 Å². The van der Waals surface area contributed by atoms with Gasteiger partial charge in [-0.25, -0.2) is 0 Å². The van der Waals surface area contributed by atoms with Crippen molar-refractivity contribution in [2.75, 3.05) is 0 Å². The van der Waals surface area contributed by atoms with Crippen LogP contribution in [0.1, 0.15) is 105 Å². The van der Waals surface area contributed by atoms with Crippen molar-refractivity contribution in [1.29, 1.82) is 0 Å². The van der Waals surface area contributed by atoms with Crippen molar-refractivity contribution in [2.24, 2.45) is 0 Å². The number of benzene rings is 5. The Balaban J connectivity index is 1.85. The van der Waals surface area contributed by atoms with Crippen LogP contribution < -0.4 is 10.6 Å². The maximum atomic E-state index is 15.3. The van der Waals surface area contributed by atoms with Crippen molar-refractivity contribution in [3.05, 3.63) is 107 Å². The van der Waals surface area contributed by atoms with Crippen molar-refractivity contribution in [3.8, 4) is 11.1 Å². The van der Waals surface area contributed by atoms with Gasteiger partial charge in [-0.05, 0) is 0 Å². The molecule has 0 aromatic heterocycles. The van der Waals surface area contributed by atoms with Crippen molar-refractivity contribution in [2.45, 2.75) is 105 Å². The molecule has 5 aromatic carbocycles. The van der Waals surface area contributed by atoms with Gasteiger partial charge in [0.15, 0.2) is 0 Å². The van der Waals surface area contributed by atoms with E-state index in [1.54, 1.807) is 6.07 Å². The first-order valence-electron chi connectivity index (χ1n) is 16.5. The molecule has 5 heteroatoms. The predicted molar refractivity (Wildman–Crippen MR) is 201 cm³/mol. The standard InChI is InChI=1S/C42H52FO3P/c1-39(2,3)30-15-13-26-21-33(35(41(7,8)9)22-28(26)19-30)34-25-32(43)17-18-37(34)47(44,45,46)38-24-27-14-16-31(40(4,5)6)20-29(27)23-36(38)42(10,11)12/h13-25,44-46H,1-12H3. The molecule has 0 heterocycles. The van der Waals surface area contributed by atoms with Crippen LogP contribution in [0.4, 0.5) is 4.39 Å². The van der Waals surface area contributed by atoms with E-state index < -0.39 is 18.5 Å². The molecule has 0 spiro atoms. The molecule has 3 N–H and O–H groups in total. The average Bonchev–Trinajstić information content (AvgIpc) is 2.92. The molecule has 0 aliphatic heterocycles. The number of hydrogen-bond acceptors (Lipinski definition) is 3. The molecule has 0 radical (unpaired) electrons. The fourth-order valence-corrected chi connectivity index (χ4v) is 8.97. The summed E-state index contributed by atoms with van der Waals surface area (Å²) in [6.07, 6.45) is 0. The Morgan fingerprint density at radius 1 is 0.426 bits per heavy atom. The molecule has 3 nitrogen and oxygen atoms in total. The zero-order valence-corrected chi connectivity index (χ0v) is 31.1. The Kier molecular flexibility index (Phi) is 8.19. The first-order valence-corrected chi connectivity index (χ1v) is 18.6. The normalized spacial score (nSPS) is 14.4. The summed E-state index contributed by atoms with van der Waals surface area (Å²) in [6.45, 7) is 25.3. The van der Waals surface area contributed by atoms with Crippen molar-refractivity contribution in [3.63, 3.8) is 0 Å². The van der Waals surface area contributed by atoms with Crippen LogP contribution in [0.2, 0.25) is 0 Å². The molecule has 5 rings (SSSR count). The van der Waals surface area contributed by atoms with E-state index in [4.69, 9.17) is 0 Å². The summed E-state index contributed by atoms with van der Waals surface area (Å²) >= 11 is 0. The quantitative estimate of drug-likeness (QED) is 0.170. The fourth-order valence-electron chi connectivity index (χ4n) is 6.51. The van der Waals surface area contributed by atoms with Gasteiger partial charge in [-0.1, -0.05) is 0 Å². The second kappa shape index (κ2) is 10.9. The Hall–Kier alpha value is -3.14. The summed E-state index contributed by atoms with van der Waals surface area (Å²) in [7, 11) is -5.89. The summed E-state index contributed by atoms with van der Waals surface area (Å²) < 4.78 is 15.3. The topological polar surface area (TPSA) is 60.7 Å². The third-order valence-corrected chi connectivity index (χ3v) is 12.0. The Labute approximate surface area is 280 Å². The van der Waals surface area contributed by atoms with Gasteiger partial charge in [0.05, 0.1) is 0 Å². The third-order valence-electron chi connectivity index (χ3n) is 9.42. The fraction of sp³-hybridized carbons (Fsp3) is 0.381. The molecule has 0 aliphatic carbocycles. The van der Waals surface area contributed by atoms with Crippen LogP contribution in [0.15, 0.2) is 78.9 Å². The molecule has 0 aliphatic rings. The molecule has 0 atom stereocenters. The summed E-state index contributed by atoms with van der Waals surface area (Å²) in [5, 5.41) is 3.73. The van der Waals surface area contributed by atoms with Gasteiger partial charge in [0, 0.05) is 0 Å². The zero-order chi connectivity index (χ0) is 35.1. The van der Waals surface area contributed by atoms with Crippen LogP contribution in [-0.4, -0.2) is 14.7 Å². The van der Waals surface area contributed by atoms with E-state index in [-0.39, 0.29) is 32.4 Å². The molecule has 47 heavy (non-hydrogen) atoms. The van der Waals surface area contributed by atoms with E-state index in [1.165, 1.54) is 23.8 Å². The van der Waals surface area contributed by atoms with E-state index in [0.717, 1.165) is 32.7 Å². The second-order valence-electron chi connectivity index (χ2n) is 17.5. The Morgan fingerprint density at radius 3 is 1.36 bits per heavy atom. The first kappa shape index (κ1) is 35.2. The van der Waals surface area contributed by atoms with E-state index >= 15 is 4.39 Å². The maximum absolute atomic E-state index is 15.3. The molecule has 250 valence electrons. The monoisotopic (exact) mass is 654 g/mol. The molecule has 0 saturated carbocycles. The van der Waals surface area contributed by atoms with Gasteiger partial charge < -0.3 is 0 Å². The molecule has 0 amide bonds. The van der Waals surface area contributed by atoms with Gasteiger partial charge in [0.1, 0.15) is 0 Å². The van der Waals surface area contributed by atoms with Gasteiger partial charge in [0.2, 0.25) is 0 Å².